The van der Waals surface area contributed by atoms with Crippen molar-refractivity contribution in [2.45, 2.75) is 26.3 Å². The lowest BCUT2D eigenvalue weighted by Gasteiger charge is -2.19. The highest BCUT2D eigenvalue weighted by Crippen LogP contribution is 2.32. The Kier molecular flexibility index (Phi) is 5.25. The van der Waals surface area contributed by atoms with Crippen molar-refractivity contribution in [3.05, 3.63) is 56.4 Å². The molecule has 0 spiro atoms. The van der Waals surface area contributed by atoms with Crippen LogP contribution < -0.4 is 5.32 Å². The van der Waals surface area contributed by atoms with E-state index in [9.17, 15) is 0 Å². The van der Waals surface area contributed by atoms with Gasteiger partial charge in [0.25, 0.3) is 0 Å². The molecule has 1 N–H and O–H groups in total. The Labute approximate surface area is 130 Å². The minimum absolute atomic E-state index is 0.0711. The van der Waals surface area contributed by atoms with Crippen LogP contribution in [-0.2, 0) is 0 Å². The van der Waals surface area contributed by atoms with Crippen LogP contribution in [-0.4, -0.2) is 6.54 Å². The monoisotopic (exact) mass is 385 g/mol. The quantitative estimate of drug-likeness (QED) is 0.763. The van der Waals surface area contributed by atoms with Crippen LogP contribution in [0.3, 0.4) is 0 Å². The molecular weight excluding hydrogens is 370 g/mol. The van der Waals surface area contributed by atoms with Crippen molar-refractivity contribution < 1.29 is 4.42 Å². The minimum Gasteiger partial charge on any atom is -0.467 e. The van der Waals surface area contributed by atoms with E-state index >= 15 is 0 Å². The zero-order valence-electron chi connectivity index (χ0n) is 11.0. The summed E-state index contributed by atoms with van der Waals surface area (Å²) in [5.74, 6) is 0.979. The summed E-state index contributed by atoms with van der Waals surface area (Å²) in [6.45, 7) is 5.18. The molecule has 0 bridgehead atoms. The molecule has 2 aromatic rings. The molecule has 1 heterocycles. The Balaban J connectivity index is 2.42. The van der Waals surface area contributed by atoms with Gasteiger partial charge in [-0.3, -0.25) is 0 Å². The molecule has 0 radical (unpaired) electrons. The summed E-state index contributed by atoms with van der Waals surface area (Å²) in [6, 6.07) is 8.28. The maximum absolute atomic E-state index is 5.67. The molecule has 19 heavy (non-hydrogen) atoms. The van der Waals surface area contributed by atoms with Crippen molar-refractivity contribution in [1.29, 1.82) is 0 Å². The molecule has 1 aromatic heterocycles. The lowest BCUT2D eigenvalue weighted by atomic mass is 10.0. The molecular formula is C15H17Br2NO. The summed E-state index contributed by atoms with van der Waals surface area (Å²) in [4.78, 5) is 0. The van der Waals surface area contributed by atoms with Gasteiger partial charge in [0.15, 0.2) is 0 Å². The highest BCUT2D eigenvalue weighted by atomic mass is 79.9. The summed E-state index contributed by atoms with van der Waals surface area (Å²) < 4.78 is 7.83. The maximum atomic E-state index is 5.67. The van der Waals surface area contributed by atoms with Crippen molar-refractivity contribution >= 4 is 31.9 Å². The third-order valence-corrected chi connectivity index (χ3v) is 4.25. The standard InChI is InChI=1S/C15H17Br2NO/c1-3-7-18-14(15-10(2)6-8-19-15)12-9-11(16)4-5-13(12)17/h4-6,8-9,14,18H,3,7H2,1-2H3. The van der Waals surface area contributed by atoms with Gasteiger partial charge in [-0.15, -0.1) is 0 Å². The molecule has 0 fully saturated rings. The third kappa shape index (κ3) is 3.50. The second kappa shape index (κ2) is 6.73. The van der Waals surface area contributed by atoms with Crippen molar-refractivity contribution in [1.82, 2.24) is 5.32 Å². The average molecular weight is 387 g/mol. The van der Waals surface area contributed by atoms with Crippen LogP contribution in [0.2, 0.25) is 0 Å². The van der Waals surface area contributed by atoms with Crippen molar-refractivity contribution in [3.8, 4) is 0 Å². The van der Waals surface area contributed by atoms with Gasteiger partial charge in [0.2, 0.25) is 0 Å². The van der Waals surface area contributed by atoms with Crippen LogP contribution in [0.5, 0.6) is 0 Å². The fourth-order valence-electron chi connectivity index (χ4n) is 2.05. The number of benzene rings is 1. The summed E-state index contributed by atoms with van der Waals surface area (Å²) in [6.07, 6.45) is 2.83. The minimum atomic E-state index is 0.0711. The van der Waals surface area contributed by atoms with E-state index in [0.717, 1.165) is 27.7 Å². The average Bonchev–Trinajstić information content (AvgIpc) is 2.80. The normalized spacial score (nSPS) is 12.6. The number of rotatable bonds is 5. The molecule has 0 saturated carbocycles. The zero-order chi connectivity index (χ0) is 13.8. The molecule has 1 aromatic carbocycles. The van der Waals surface area contributed by atoms with Crippen molar-refractivity contribution in [2.75, 3.05) is 6.54 Å². The summed E-state index contributed by atoms with van der Waals surface area (Å²) in [7, 11) is 0. The molecule has 1 atom stereocenters. The number of hydrogen-bond acceptors (Lipinski definition) is 2. The zero-order valence-corrected chi connectivity index (χ0v) is 14.2. The smallest absolute Gasteiger partial charge is 0.128 e. The van der Waals surface area contributed by atoms with Gasteiger partial charge < -0.3 is 9.73 Å². The molecule has 2 rings (SSSR count). The van der Waals surface area contributed by atoms with E-state index in [-0.39, 0.29) is 6.04 Å². The predicted octanol–water partition coefficient (Wildman–Crippen LogP) is 5.20. The summed E-state index contributed by atoms with van der Waals surface area (Å²) in [5.41, 5.74) is 2.35. The Morgan fingerprint density at radius 2 is 2.05 bits per heavy atom. The van der Waals surface area contributed by atoms with Gasteiger partial charge >= 0.3 is 0 Å². The molecule has 102 valence electrons. The van der Waals surface area contributed by atoms with Gasteiger partial charge in [-0.25, -0.2) is 0 Å². The molecule has 1 unspecified atom stereocenters. The Bertz CT molecular complexity index is 551. The molecule has 2 nitrogen and oxygen atoms in total. The first-order valence-electron chi connectivity index (χ1n) is 6.35. The van der Waals surface area contributed by atoms with Gasteiger partial charge in [0.05, 0.1) is 12.3 Å². The lowest BCUT2D eigenvalue weighted by molar-refractivity contribution is 0.443. The van der Waals surface area contributed by atoms with E-state index in [4.69, 9.17) is 4.42 Å². The topological polar surface area (TPSA) is 25.2 Å². The van der Waals surface area contributed by atoms with Crippen LogP contribution in [0.4, 0.5) is 0 Å². The molecule has 0 aliphatic heterocycles. The highest BCUT2D eigenvalue weighted by Gasteiger charge is 2.21. The second-order valence-corrected chi connectivity index (χ2v) is 6.29. The van der Waals surface area contributed by atoms with Gasteiger partial charge in [0.1, 0.15) is 5.76 Å². The molecule has 0 aliphatic carbocycles. The molecule has 0 aliphatic rings. The number of furan rings is 1. The predicted molar refractivity (Wildman–Crippen MR) is 85.4 cm³/mol. The number of hydrogen-bond donors (Lipinski definition) is 1. The molecule has 0 amide bonds. The first kappa shape index (κ1) is 14.8. The third-order valence-electron chi connectivity index (χ3n) is 3.03. The van der Waals surface area contributed by atoms with Crippen LogP contribution in [0.1, 0.15) is 36.3 Å². The maximum Gasteiger partial charge on any atom is 0.128 e. The lowest BCUT2D eigenvalue weighted by Crippen LogP contribution is -2.23. The first-order valence-corrected chi connectivity index (χ1v) is 7.94. The summed E-state index contributed by atoms with van der Waals surface area (Å²) in [5, 5.41) is 3.55. The number of halogens is 2. The van der Waals surface area contributed by atoms with Crippen LogP contribution in [0.25, 0.3) is 0 Å². The Morgan fingerprint density at radius 3 is 2.68 bits per heavy atom. The van der Waals surface area contributed by atoms with Gasteiger partial charge in [0, 0.05) is 8.95 Å². The van der Waals surface area contributed by atoms with E-state index in [0.29, 0.717) is 0 Å². The highest BCUT2D eigenvalue weighted by molar-refractivity contribution is 9.11. The fourth-order valence-corrected chi connectivity index (χ4v) is 2.90. The SMILES string of the molecule is CCCNC(c1cc(Br)ccc1Br)c1occc1C. The van der Waals surface area contributed by atoms with Gasteiger partial charge in [-0.2, -0.15) is 0 Å². The van der Waals surface area contributed by atoms with E-state index in [2.05, 4.69) is 63.2 Å². The second-order valence-electron chi connectivity index (χ2n) is 4.52. The Morgan fingerprint density at radius 1 is 1.26 bits per heavy atom. The van der Waals surface area contributed by atoms with Crippen LogP contribution in [0, 0.1) is 6.92 Å². The van der Waals surface area contributed by atoms with Gasteiger partial charge in [-0.1, -0.05) is 38.8 Å². The number of aryl methyl sites for hydroxylation is 1. The van der Waals surface area contributed by atoms with Crippen molar-refractivity contribution in [3.63, 3.8) is 0 Å². The Hall–Kier alpha value is -0.580. The van der Waals surface area contributed by atoms with E-state index in [1.54, 1.807) is 6.26 Å². The van der Waals surface area contributed by atoms with E-state index in [1.165, 1.54) is 11.1 Å². The first-order chi connectivity index (χ1) is 9.13. The number of nitrogens with one attached hydrogen (secondary N) is 1. The molecule has 0 saturated heterocycles. The van der Waals surface area contributed by atoms with Crippen molar-refractivity contribution in [2.24, 2.45) is 0 Å². The van der Waals surface area contributed by atoms with E-state index < -0.39 is 0 Å². The van der Waals surface area contributed by atoms with Crippen LogP contribution in [0.15, 0.2) is 43.9 Å². The van der Waals surface area contributed by atoms with E-state index in [1.807, 2.05) is 12.1 Å². The largest absolute Gasteiger partial charge is 0.467 e. The van der Waals surface area contributed by atoms with Crippen LogP contribution >= 0.6 is 31.9 Å². The van der Waals surface area contributed by atoms with Gasteiger partial charge in [-0.05, 0) is 55.3 Å². The fraction of sp³-hybridized carbons (Fsp3) is 0.333. The summed E-state index contributed by atoms with van der Waals surface area (Å²) >= 11 is 7.17. The molecule has 4 heteroatoms.